The maximum atomic E-state index is 14.3. The monoisotopic (exact) mass is 647 g/mol. The molecule has 1 aliphatic carbocycles. The molecule has 0 saturated heterocycles. The smallest absolute Gasteiger partial charge is 0.280 e. The van der Waals surface area contributed by atoms with Crippen molar-refractivity contribution in [3.05, 3.63) is 36.3 Å². The molecule has 45 heavy (non-hydrogen) atoms. The third-order valence-electron chi connectivity index (χ3n) is 9.05. The normalized spacial score (nSPS) is 23.7. The highest BCUT2D eigenvalue weighted by atomic mass is 32.2. The minimum absolute atomic E-state index is 0.0196. The van der Waals surface area contributed by atoms with Crippen molar-refractivity contribution in [3.63, 3.8) is 0 Å². The number of anilines is 1. The Morgan fingerprint density at radius 1 is 1.11 bits per heavy atom. The fourth-order valence-electron chi connectivity index (χ4n) is 6.38. The molecule has 12 heteroatoms. The van der Waals surface area contributed by atoms with Crippen molar-refractivity contribution in [2.45, 2.75) is 95.4 Å². The average molecular weight is 648 g/mol. The second kappa shape index (κ2) is 16.2. The van der Waals surface area contributed by atoms with Gasteiger partial charge in [0, 0.05) is 51.1 Å². The molecule has 2 N–H and O–H groups in total. The molecule has 1 aromatic heterocycles. The van der Waals surface area contributed by atoms with Crippen LogP contribution in [-0.4, -0.2) is 96.9 Å². The van der Waals surface area contributed by atoms with Gasteiger partial charge >= 0.3 is 0 Å². The zero-order valence-corrected chi connectivity index (χ0v) is 28.5. The van der Waals surface area contributed by atoms with Gasteiger partial charge in [0.1, 0.15) is 5.75 Å². The van der Waals surface area contributed by atoms with Crippen LogP contribution in [0, 0.1) is 11.8 Å². The number of aryl methyl sites for hydroxylation is 1. The van der Waals surface area contributed by atoms with E-state index in [2.05, 4.69) is 28.6 Å². The molecule has 2 heterocycles. The Bertz CT molecular complexity index is 1340. The molecular weight excluding hydrogens is 594 g/mol. The highest BCUT2D eigenvalue weighted by Gasteiger charge is 2.31. The Morgan fingerprint density at radius 2 is 1.84 bits per heavy atom. The summed E-state index contributed by atoms with van der Waals surface area (Å²) in [5.74, 6) is 0.741. The summed E-state index contributed by atoms with van der Waals surface area (Å²) < 4.78 is 43.0. The van der Waals surface area contributed by atoms with Crippen molar-refractivity contribution in [1.82, 2.24) is 19.4 Å². The first kappa shape index (κ1) is 35.2. The van der Waals surface area contributed by atoms with Gasteiger partial charge in [0.15, 0.2) is 5.03 Å². The fraction of sp³-hybridized carbons (Fsp3) is 0.697. The molecule has 2 aliphatic rings. The molecule has 2 aromatic rings. The number of aliphatic hydroxyl groups excluding tert-OH is 1. The number of hydrogen-bond donors (Lipinski definition) is 2. The predicted octanol–water partition coefficient (Wildman–Crippen LogP) is 4.53. The minimum atomic E-state index is -3.98. The standard InChI is InChI=1S/C33H53N5O6S/c1-24-18-38(25(2)22-39)33(40)29-17-28(35-45(41,42)32-21-37(5)23-34-32)14-15-30(29)44-26(3)11-9-10-16-43-31(24)20-36(4)19-27-12-7-6-8-13-27/h14-15,17,21,23-27,31,35,39H,6-13,16,18-20,22H2,1-5H3/t24-,25+,26-,31+/m0/s1. The zero-order valence-electron chi connectivity index (χ0n) is 27.7. The van der Waals surface area contributed by atoms with E-state index in [1.165, 1.54) is 50.7 Å². The van der Waals surface area contributed by atoms with Gasteiger partial charge in [-0.05, 0) is 77.1 Å². The lowest BCUT2D eigenvalue weighted by atomic mass is 9.89. The van der Waals surface area contributed by atoms with Gasteiger partial charge in [-0.15, -0.1) is 0 Å². The lowest BCUT2D eigenvalue weighted by Crippen LogP contribution is -2.47. The first-order chi connectivity index (χ1) is 21.5. The van der Waals surface area contributed by atoms with Gasteiger partial charge in [-0.25, -0.2) is 4.98 Å². The van der Waals surface area contributed by atoms with E-state index in [1.807, 2.05) is 13.8 Å². The van der Waals surface area contributed by atoms with Crippen molar-refractivity contribution in [2.75, 3.05) is 44.6 Å². The van der Waals surface area contributed by atoms with E-state index >= 15 is 0 Å². The number of nitrogens with one attached hydrogen (secondary N) is 1. The lowest BCUT2D eigenvalue weighted by Gasteiger charge is -2.36. The molecule has 0 unspecified atom stereocenters. The van der Waals surface area contributed by atoms with Crippen molar-refractivity contribution < 1.29 is 27.8 Å². The largest absolute Gasteiger partial charge is 0.490 e. The number of aliphatic hydroxyl groups is 1. The van der Waals surface area contributed by atoms with E-state index in [1.54, 1.807) is 28.6 Å². The van der Waals surface area contributed by atoms with E-state index in [4.69, 9.17) is 9.47 Å². The van der Waals surface area contributed by atoms with Gasteiger partial charge < -0.3 is 28.9 Å². The number of benzene rings is 1. The quantitative estimate of drug-likeness (QED) is 0.407. The van der Waals surface area contributed by atoms with E-state index in [9.17, 15) is 18.3 Å². The number of rotatable bonds is 9. The first-order valence-corrected chi connectivity index (χ1v) is 18.0. The van der Waals surface area contributed by atoms with Gasteiger partial charge in [0.2, 0.25) is 0 Å². The van der Waals surface area contributed by atoms with Crippen LogP contribution in [0.15, 0.2) is 35.7 Å². The van der Waals surface area contributed by atoms with Gasteiger partial charge in [-0.3, -0.25) is 9.52 Å². The summed E-state index contributed by atoms with van der Waals surface area (Å²) in [6.45, 7) is 8.48. The van der Waals surface area contributed by atoms with Gasteiger partial charge in [-0.2, -0.15) is 8.42 Å². The maximum Gasteiger partial charge on any atom is 0.280 e. The van der Waals surface area contributed by atoms with E-state index in [-0.39, 0.29) is 46.9 Å². The molecule has 1 amide bonds. The van der Waals surface area contributed by atoms with Crippen LogP contribution >= 0.6 is 0 Å². The molecule has 1 aliphatic heterocycles. The summed E-state index contributed by atoms with van der Waals surface area (Å²) in [5.41, 5.74) is 0.458. The second-order valence-corrected chi connectivity index (χ2v) is 14.8. The van der Waals surface area contributed by atoms with Crippen LogP contribution in [0.3, 0.4) is 0 Å². The summed E-state index contributed by atoms with van der Waals surface area (Å²) in [6.07, 6.45) is 11.7. The maximum absolute atomic E-state index is 14.3. The number of aromatic nitrogens is 2. The summed E-state index contributed by atoms with van der Waals surface area (Å²) in [4.78, 5) is 22.3. The molecular formula is C33H53N5O6S. The summed E-state index contributed by atoms with van der Waals surface area (Å²) in [7, 11) is -0.121. The molecule has 1 aromatic carbocycles. The Morgan fingerprint density at radius 3 is 2.53 bits per heavy atom. The van der Waals surface area contributed by atoms with Crippen LogP contribution in [-0.2, 0) is 21.8 Å². The number of fused-ring (bicyclic) bond motifs is 1. The van der Waals surface area contributed by atoms with Crippen LogP contribution in [0.2, 0.25) is 0 Å². The fourth-order valence-corrected chi connectivity index (χ4v) is 7.41. The van der Waals surface area contributed by atoms with Crippen molar-refractivity contribution in [1.29, 1.82) is 0 Å². The molecule has 252 valence electrons. The number of carbonyl (C=O) groups is 1. The summed E-state index contributed by atoms with van der Waals surface area (Å²) in [5, 5.41) is 10.1. The third-order valence-corrected chi connectivity index (χ3v) is 10.3. The molecule has 1 saturated carbocycles. The molecule has 0 spiro atoms. The third kappa shape index (κ3) is 9.91. The van der Waals surface area contributed by atoms with Crippen molar-refractivity contribution >= 4 is 21.6 Å². The van der Waals surface area contributed by atoms with Gasteiger partial charge in [0.05, 0.1) is 36.7 Å². The van der Waals surface area contributed by atoms with Gasteiger partial charge in [0.25, 0.3) is 15.9 Å². The van der Waals surface area contributed by atoms with Crippen LogP contribution in [0.25, 0.3) is 0 Å². The Kier molecular flexibility index (Phi) is 12.7. The predicted molar refractivity (Wildman–Crippen MR) is 175 cm³/mol. The number of hydrogen-bond acceptors (Lipinski definition) is 8. The van der Waals surface area contributed by atoms with Crippen molar-refractivity contribution in [3.8, 4) is 5.75 Å². The van der Waals surface area contributed by atoms with Gasteiger partial charge in [-0.1, -0.05) is 26.2 Å². The van der Waals surface area contributed by atoms with Crippen LogP contribution < -0.4 is 9.46 Å². The molecule has 0 bridgehead atoms. The Labute approximate surface area is 269 Å². The minimum Gasteiger partial charge on any atom is -0.490 e. The van der Waals surface area contributed by atoms with E-state index < -0.39 is 16.1 Å². The number of sulfonamides is 1. The van der Waals surface area contributed by atoms with Crippen molar-refractivity contribution in [2.24, 2.45) is 18.9 Å². The van der Waals surface area contributed by atoms with E-state index in [0.717, 1.165) is 32.4 Å². The molecule has 0 radical (unpaired) electrons. The molecule has 4 rings (SSSR count). The number of likely N-dealkylation sites (N-methyl/N-ethyl adjacent to an activating group) is 1. The second-order valence-electron chi connectivity index (χ2n) is 13.2. The summed E-state index contributed by atoms with van der Waals surface area (Å²) in [6, 6.07) is 4.28. The highest BCUT2D eigenvalue weighted by molar-refractivity contribution is 7.92. The number of carbonyl (C=O) groups excluding carboxylic acids is 1. The zero-order chi connectivity index (χ0) is 32.6. The molecule has 4 atom stereocenters. The SMILES string of the molecule is C[C@H](CO)N1C[C@H](C)[C@@H](CN(C)CC2CCCCC2)OCCCC[C@H](C)Oc2ccc(NS(=O)(=O)c3cn(C)cn3)cc2C1=O. The van der Waals surface area contributed by atoms with Crippen LogP contribution in [0.1, 0.15) is 82.5 Å². The number of amides is 1. The highest BCUT2D eigenvalue weighted by Crippen LogP contribution is 2.30. The Hall–Kier alpha value is -2.67. The first-order valence-electron chi connectivity index (χ1n) is 16.5. The topological polar surface area (TPSA) is 126 Å². The number of imidazole rings is 1. The van der Waals surface area contributed by atoms with Crippen LogP contribution in [0.5, 0.6) is 5.75 Å². The average Bonchev–Trinajstić information content (AvgIpc) is 3.46. The molecule has 11 nitrogen and oxygen atoms in total. The number of ether oxygens (including phenoxy) is 2. The van der Waals surface area contributed by atoms with Crippen LogP contribution in [0.4, 0.5) is 5.69 Å². The Balaban J connectivity index is 1.61. The summed E-state index contributed by atoms with van der Waals surface area (Å²) >= 11 is 0. The number of nitrogens with zero attached hydrogens (tertiary/aromatic N) is 4. The van der Waals surface area contributed by atoms with E-state index in [0.29, 0.717) is 24.8 Å². The lowest BCUT2D eigenvalue weighted by molar-refractivity contribution is -0.0190. The molecule has 1 fully saturated rings.